The average Bonchev–Trinajstić information content (AvgIpc) is 2.99. The van der Waals surface area contributed by atoms with E-state index in [1.165, 1.54) is 0 Å². The van der Waals surface area contributed by atoms with Gasteiger partial charge < -0.3 is 15.5 Å². The lowest BCUT2D eigenvalue weighted by Crippen LogP contribution is -2.44. The molecule has 1 aromatic carbocycles. The Morgan fingerprint density at radius 3 is 2.61 bits per heavy atom. The molecule has 7 nitrogen and oxygen atoms in total. The molecule has 2 saturated heterocycles. The number of hydrogen-bond acceptors (Lipinski definition) is 4. The summed E-state index contributed by atoms with van der Waals surface area (Å²) in [4.78, 5) is 18.4. The molecule has 0 aromatic heterocycles. The maximum atomic E-state index is 12.0. The second-order valence-corrected chi connectivity index (χ2v) is 9.34. The van der Waals surface area contributed by atoms with E-state index in [-0.39, 0.29) is 47.4 Å². The number of anilines is 1. The number of amides is 1. The van der Waals surface area contributed by atoms with Gasteiger partial charge in [-0.05, 0) is 43.9 Å². The predicted octanol–water partition coefficient (Wildman–Crippen LogP) is 2.06. The zero-order chi connectivity index (χ0) is 19.3. The van der Waals surface area contributed by atoms with Crippen molar-refractivity contribution >= 4 is 51.4 Å². The van der Waals surface area contributed by atoms with Crippen molar-refractivity contribution in [2.75, 3.05) is 29.5 Å². The second kappa shape index (κ2) is 10.4. The van der Waals surface area contributed by atoms with Crippen LogP contribution in [0.2, 0.25) is 0 Å². The number of hydrogen-bond donors (Lipinski definition) is 2. The van der Waals surface area contributed by atoms with Gasteiger partial charge in [0, 0.05) is 31.2 Å². The summed E-state index contributed by atoms with van der Waals surface area (Å²) in [7, 11) is -2.92. The van der Waals surface area contributed by atoms with Crippen LogP contribution in [0.5, 0.6) is 0 Å². The first-order chi connectivity index (χ1) is 13.0. The van der Waals surface area contributed by atoms with Gasteiger partial charge in [0.1, 0.15) is 0 Å². The fraction of sp³-hybridized carbons (Fsp3) is 0.579. The second-order valence-electron chi connectivity index (χ2n) is 7.11. The lowest BCUT2D eigenvalue weighted by atomic mass is 10.1. The molecule has 1 amide bonds. The molecule has 2 heterocycles. The largest absolute Gasteiger partial charge is 0.357 e. The summed E-state index contributed by atoms with van der Waals surface area (Å²) < 4.78 is 23.2. The van der Waals surface area contributed by atoms with Crippen LogP contribution in [0.4, 0.5) is 5.69 Å². The van der Waals surface area contributed by atoms with Crippen molar-refractivity contribution in [1.29, 1.82) is 0 Å². The van der Waals surface area contributed by atoms with E-state index >= 15 is 0 Å². The molecule has 0 spiro atoms. The van der Waals surface area contributed by atoms with Gasteiger partial charge in [0.25, 0.3) is 0 Å². The zero-order valence-corrected chi connectivity index (χ0v) is 19.3. The first-order valence-corrected chi connectivity index (χ1v) is 11.4. The third-order valence-electron chi connectivity index (χ3n) is 4.91. The summed E-state index contributed by atoms with van der Waals surface area (Å²) in [5.41, 5.74) is 1.98. The van der Waals surface area contributed by atoms with Gasteiger partial charge in [-0.1, -0.05) is 12.1 Å². The van der Waals surface area contributed by atoms with Gasteiger partial charge in [-0.15, -0.1) is 24.0 Å². The molecule has 0 saturated carbocycles. The Labute approximate surface area is 184 Å². The molecular weight excluding hydrogens is 491 g/mol. The van der Waals surface area contributed by atoms with Crippen molar-refractivity contribution in [2.45, 2.75) is 45.2 Å². The number of sulfone groups is 1. The van der Waals surface area contributed by atoms with Gasteiger partial charge in [-0.25, -0.2) is 13.4 Å². The number of nitrogens with zero attached hydrogens (tertiary/aromatic N) is 2. The number of piperidine rings is 1. The van der Waals surface area contributed by atoms with E-state index < -0.39 is 9.84 Å². The van der Waals surface area contributed by atoms with Gasteiger partial charge in [0.2, 0.25) is 5.91 Å². The standard InChI is InChI=1S/C19H28N4O3S.HI/c1-2-20-19(22-16-10-12-27(25,26)14-16)21-13-15-6-8-17(9-7-15)23-11-4-3-5-18(23)24;/h6-9,16H,2-5,10-14H2,1H3,(H2,20,21,22);1H. The van der Waals surface area contributed by atoms with Crippen LogP contribution >= 0.6 is 24.0 Å². The molecule has 3 rings (SSSR count). The Kier molecular flexibility index (Phi) is 8.54. The molecule has 2 aliphatic heterocycles. The number of benzene rings is 1. The van der Waals surface area contributed by atoms with Crippen molar-refractivity contribution in [1.82, 2.24) is 10.6 Å². The van der Waals surface area contributed by atoms with E-state index in [2.05, 4.69) is 15.6 Å². The maximum absolute atomic E-state index is 12.0. The summed E-state index contributed by atoms with van der Waals surface area (Å²) in [6, 6.07) is 7.84. The van der Waals surface area contributed by atoms with Crippen LogP contribution in [0.1, 0.15) is 38.2 Å². The summed E-state index contributed by atoms with van der Waals surface area (Å²) in [6.45, 7) is 3.96. The monoisotopic (exact) mass is 520 g/mol. The smallest absolute Gasteiger partial charge is 0.226 e. The van der Waals surface area contributed by atoms with Crippen LogP contribution in [-0.4, -0.2) is 50.9 Å². The normalized spacial score (nSPS) is 21.9. The number of guanidine groups is 1. The molecule has 9 heteroatoms. The topological polar surface area (TPSA) is 90.9 Å². The van der Waals surface area contributed by atoms with E-state index in [4.69, 9.17) is 0 Å². The Bertz CT molecular complexity index is 796. The van der Waals surface area contributed by atoms with Gasteiger partial charge in [-0.2, -0.15) is 0 Å². The van der Waals surface area contributed by atoms with E-state index in [9.17, 15) is 13.2 Å². The number of carbonyl (C=O) groups excluding carboxylic acids is 1. The van der Waals surface area contributed by atoms with E-state index in [1.807, 2.05) is 36.1 Å². The first kappa shape index (κ1) is 22.9. The molecule has 156 valence electrons. The van der Waals surface area contributed by atoms with Crippen molar-refractivity contribution in [3.05, 3.63) is 29.8 Å². The molecule has 1 unspecified atom stereocenters. The molecular formula is C19H29IN4O3S. The molecule has 0 radical (unpaired) electrons. The van der Waals surface area contributed by atoms with Crippen molar-refractivity contribution in [3.63, 3.8) is 0 Å². The van der Waals surface area contributed by atoms with Gasteiger partial charge in [-0.3, -0.25) is 4.79 Å². The number of aliphatic imine (C=N–C) groups is 1. The Morgan fingerprint density at radius 1 is 1.25 bits per heavy atom. The Hall–Kier alpha value is -1.36. The molecule has 2 aliphatic rings. The number of nitrogens with one attached hydrogen (secondary N) is 2. The Balaban J connectivity index is 0.00000280. The molecule has 2 fully saturated rings. The highest BCUT2D eigenvalue weighted by Crippen LogP contribution is 2.21. The first-order valence-electron chi connectivity index (χ1n) is 9.61. The highest BCUT2D eigenvalue weighted by Gasteiger charge is 2.28. The van der Waals surface area contributed by atoms with E-state index in [1.54, 1.807) is 0 Å². The van der Waals surface area contributed by atoms with Gasteiger partial charge in [0.05, 0.1) is 18.1 Å². The highest BCUT2D eigenvalue weighted by molar-refractivity contribution is 14.0. The summed E-state index contributed by atoms with van der Waals surface area (Å²) >= 11 is 0. The van der Waals surface area contributed by atoms with Crippen molar-refractivity contribution in [2.24, 2.45) is 4.99 Å². The minimum Gasteiger partial charge on any atom is -0.357 e. The van der Waals surface area contributed by atoms with Gasteiger partial charge in [0.15, 0.2) is 15.8 Å². The van der Waals surface area contributed by atoms with E-state index in [0.717, 1.165) is 30.6 Å². The minimum atomic E-state index is -2.92. The average molecular weight is 520 g/mol. The summed E-state index contributed by atoms with van der Waals surface area (Å²) in [5, 5.41) is 6.39. The SMILES string of the molecule is CCNC(=NCc1ccc(N2CCCCC2=O)cc1)NC1CCS(=O)(=O)C1.I. The van der Waals surface area contributed by atoms with Crippen LogP contribution < -0.4 is 15.5 Å². The minimum absolute atomic E-state index is 0. The molecule has 0 bridgehead atoms. The van der Waals surface area contributed by atoms with E-state index in [0.29, 0.717) is 31.9 Å². The highest BCUT2D eigenvalue weighted by atomic mass is 127. The predicted molar refractivity (Wildman–Crippen MR) is 123 cm³/mol. The maximum Gasteiger partial charge on any atom is 0.226 e. The molecule has 1 aromatic rings. The Morgan fingerprint density at radius 2 is 2.00 bits per heavy atom. The van der Waals surface area contributed by atoms with Crippen LogP contribution in [-0.2, 0) is 21.2 Å². The zero-order valence-electron chi connectivity index (χ0n) is 16.2. The van der Waals surface area contributed by atoms with Crippen molar-refractivity contribution in [3.8, 4) is 0 Å². The van der Waals surface area contributed by atoms with Crippen LogP contribution in [0.3, 0.4) is 0 Å². The van der Waals surface area contributed by atoms with Crippen LogP contribution in [0.15, 0.2) is 29.3 Å². The number of rotatable bonds is 5. The molecule has 28 heavy (non-hydrogen) atoms. The summed E-state index contributed by atoms with van der Waals surface area (Å²) in [6.07, 6.45) is 3.27. The van der Waals surface area contributed by atoms with Crippen LogP contribution in [0, 0.1) is 0 Å². The quantitative estimate of drug-likeness (QED) is 0.353. The van der Waals surface area contributed by atoms with Gasteiger partial charge >= 0.3 is 0 Å². The lowest BCUT2D eigenvalue weighted by molar-refractivity contribution is -0.119. The molecule has 2 N–H and O–H groups in total. The summed E-state index contributed by atoms with van der Waals surface area (Å²) in [5.74, 6) is 1.23. The number of halogens is 1. The third-order valence-corrected chi connectivity index (χ3v) is 6.68. The molecule has 1 atom stereocenters. The fourth-order valence-electron chi connectivity index (χ4n) is 3.45. The number of carbonyl (C=O) groups is 1. The van der Waals surface area contributed by atoms with Crippen molar-refractivity contribution < 1.29 is 13.2 Å². The fourth-order valence-corrected chi connectivity index (χ4v) is 5.13. The molecule has 0 aliphatic carbocycles. The third kappa shape index (κ3) is 6.33. The van der Waals surface area contributed by atoms with Crippen LogP contribution in [0.25, 0.3) is 0 Å². The lowest BCUT2D eigenvalue weighted by Gasteiger charge is -2.26.